The fourth-order valence-corrected chi connectivity index (χ4v) is 4.18. The Morgan fingerprint density at radius 3 is 1.53 bits per heavy atom. The Labute approximate surface area is 210 Å². The summed E-state index contributed by atoms with van der Waals surface area (Å²) in [5, 5.41) is 11.1. The molecule has 0 aliphatic heterocycles. The second kappa shape index (κ2) is 12.6. The predicted octanol–water partition coefficient (Wildman–Crippen LogP) is 3.62. The Kier molecular flexibility index (Phi) is 8.97. The van der Waals surface area contributed by atoms with E-state index in [1.165, 1.54) is 6.92 Å². The van der Waals surface area contributed by atoms with Gasteiger partial charge in [-0.2, -0.15) is 0 Å². The molecule has 1 N–H and O–H groups in total. The monoisotopic (exact) mass is 490 g/mol. The maximum Gasteiger partial charge on any atom is 0.303 e. The summed E-state index contributed by atoms with van der Waals surface area (Å²) in [7, 11) is 0. The molecular weight excluding hydrogens is 460 g/mol. The fraction of sp³-hybridized carbons (Fsp3) is 0.310. The summed E-state index contributed by atoms with van der Waals surface area (Å²) in [4.78, 5) is 25.2. The van der Waals surface area contributed by atoms with Crippen LogP contribution in [-0.4, -0.2) is 47.4 Å². The maximum atomic E-state index is 13.4. The van der Waals surface area contributed by atoms with Gasteiger partial charge in [0.15, 0.2) is 6.10 Å². The number of carbonyl (C=O) groups excluding carboxylic acids is 2. The van der Waals surface area contributed by atoms with Crippen molar-refractivity contribution < 1.29 is 33.6 Å². The van der Waals surface area contributed by atoms with Gasteiger partial charge in [-0.3, -0.25) is 9.59 Å². The van der Waals surface area contributed by atoms with Gasteiger partial charge in [0.25, 0.3) is 0 Å². The van der Waals surface area contributed by atoms with Gasteiger partial charge in [0.05, 0.1) is 19.8 Å². The number of ether oxygens (including phenoxy) is 4. The molecule has 3 aromatic rings. The molecule has 7 heteroatoms. The Balaban J connectivity index is 1.61. The Hall–Kier alpha value is -3.36. The van der Waals surface area contributed by atoms with Crippen molar-refractivity contribution in [3.8, 4) is 0 Å². The molecule has 4 rings (SSSR count). The average molecular weight is 491 g/mol. The van der Waals surface area contributed by atoms with E-state index in [-0.39, 0.29) is 19.8 Å². The molecule has 36 heavy (non-hydrogen) atoms. The van der Waals surface area contributed by atoms with Crippen LogP contribution in [0.25, 0.3) is 0 Å². The highest BCUT2D eigenvalue weighted by Crippen LogP contribution is 2.30. The maximum absolute atomic E-state index is 13.4. The van der Waals surface area contributed by atoms with E-state index in [2.05, 4.69) is 0 Å². The van der Waals surface area contributed by atoms with Gasteiger partial charge in [0.2, 0.25) is 5.78 Å². The number of ketones is 1. The third-order valence-corrected chi connectivity index (χ3v) is 5.97. The number of hydrogen-bond acceptors (Lipinski definition) is 7. The molecule has 0 spiro atoms. The van der Waals surface area contributed by atoms with E-state index in [1.54, 1.807) is 0 Å². The molecule has 1 aliphatic carbocycles. The van der Waals surface area contributed by atoms with Crippen molar-refractivity contribution in [3.63, 3.8) is 0 Å². The average Bonchev–Trinajstić information content (AvgIpc) is 2.90. The van der Waals surface area contributed by atoms with Crippen LogP contribution in [0.3, 0.4) is 0 Å². The molecule has 0 amide bonds. The summed E-state index contributed by atoms with van der Waals surface area (Å²) in [6.45, 7) is 1.68. The fourth-order valence-electron chi connectivity index (χ4n) is 4.18. The largest absolute Gasteiger partial charge is 0.452 e. The lowest BCUT2D eigenvalue weighted by molar-refractivity contribution is -0.225. The van der Waals surface area contributed by atoms with E-state index >= 15 is 0 Å². The minimum Gasteiger partial charge on any atom is -0.452 e. The number of aliphatic hydroxyl groups is 1. The highest BCUT2D eigenvalue weighted by Gasteiger charge is 2.53. The van der Waals surface area contributed by atoms with E-state index in [0.717, 1.165) is 16.7 Å². The van der Waals surface area contributed by atoms with Gasteiger partial charge >= 0.3 is 5.97 Å². The van der Waals surface area contributed by atoms with Crippen molar-refractivity contribution in [2.24, 2.45) is 0 Å². The summed E-state index contributed by atoms with van der Waals surface area (Å²) in [6.07, 6.45) is -5.91. The first-order chi connectivity index (χ1) is 17.5. The zero-order valence-corrected chi connectivity index (χ0v) is 20.1. The van der Waals surface area contributed by atoms with Crippen LogP contribution in [0, 0.1) is 0 Å². The second-order valence-corrected chi connectivity index (χ2v) is 8.66. The smallest absolute Gasteiger partial charge is 0.303 e. The minimum atomic E-state index is -1.43. The Bertz CT molecular complexity index is 1100. The second-order valence-electron chi connectivity index (χ2n) is 8.66. The van der Waals surface area contributed by atoms with Crippen LogP contribution in [0.4, 0.5) is 0 Å². The lowest BCUT2D eigenvalue weighted by Gasteiger charge is -2.42. The van der Waals surface area contributed by atoms with E-state index in [9.17, 15) is 14.7 Å². The summed E-state index contributed by atoms with van der Waals surface area (Å²) in [5.74, 6) is -1.24. The first kappa shape index (κ1) is 25.7. The molecule has 1 aliphatic rings. The number of hydrogen-bond donors (Lipinski definition) is 1. The van der Waals surface area contributed by atoms with Crippen molar-refractivity contribution >= 4 is 11.8 Å². The molecule has 0 unspecified atom stereocenters. The number of rotatable bonds is 10. The molecule has 3 aromatic carbocycles. The molecule has 1 saturated carbocycles. The normalized spacial score (nSPS) is 23.8. The summed E-state index contributed by atoms with van der Waals surface area (Å²) in [6, 6.07) is 28.4. The SMILES string of the molecule is CC(=O)O[C@H]1C(=O)[C@@H](OCc2ccccc2)[C@H](OCc2ccccc2)[C@@H](OCc2ccccc2)[C@@H]1O. The number of benzene rings is 3. The molecule has 0 saturated heterocycles. The van der Waals surface area contributed by atoms with Crippen molar-refractivity contribution in [1.82, 2.24) is 0 Å². The standard InChI is InChI=1S/C29H30O7/c1-20(30)36-26-24(31)27(33-17-21-11-5-2-6-12-21)29(35-19-23-15-9-4-10-16-23)28(25(26)32)34-18-22-13-7-3-8-14-22/h2-16,24,26-29,31H,17-19H2,1H3/t24-,26-,27+,28-,29-/m1/s1. The molecular formula is C29H30O7. The zero-order chi connectivity index (χ0) is 25.3. The van der Waals surface area contributed by atoms with E-state index in [4.69, 9.17) is 18.9 Å². The van der Waals surface area contributed by atoms with Gasteiger partial charge in [-0.15, -0.1) is 0 Å². The quantitative estimate of drug-likeness (QED) is 0.434. The van der Waals surface area contributed by atoms with E-state index in [1.807, 2.05) is 91.0 Å². The van der Waals surface area contributed by atoms with Crippen LogP contribution in [0.15, 0.2) is 91.0 Å². The molecule has 188 valence electrons. The van der Waals surface area contributed by atoms with Crippen LogP contribution in [0.1, 0.15) is 23.6 Å². The van der Waals surface area contributed by atoms with Gasteiger partial charge in [-0.25, -0.2) is 0 Å². The van der Waals surface area contributed by atoms with Crippen LogP contribution < -0.4 is 0 Å². The van der Waals surface area contributed by atoms with Crippen molar-refractivity contribution in [2.75, 3.05) is 0 Å². The van der Waals surface area contributed by atoms with Crippen molar-refractivity contribution in [2.45, 2.75) is 57.3 Å². The highest BCUT2D eigenvalue weighted by atomic mass is 16.6. The molecule has 0 heterocycles. The molecule has 7 nitrogen and oxygen atoms in total. The van der Waals surface area contributed by atoms with Gasteiger partial charge in [-0.05, 0) is 16.7 Å². The topological polar surface area (TPSA) is 91.3 Å². The minimum absolute atomic E-state index is 0.136. The van der Waals surface area contributed by atoms with Crippen LogP contribution in [-0.2, 0) is 48.4 Å². The summed E-state index contributed by atoms with van der Waals surface area (Å²) < 4.78 is 23.6. The Morgan fingerprint density at radius 1 is 0.667 bits per heavy atom. The first-order valence-corrected chi connectivity index (χ1v) is 11.9. The summed E-state index contributed by atoms with van der Waals surface area (Å²) in [5.41, 5.74) is 2.64. The zero-order valence-electron chi connectivity index (χ0n) is 20.1. The van der Waals surface area contributed by atoms with Gasteiger partial charge in [0, 0.05) is 6.92 Å². The molecule has 5 atom stereocenters. The third-order valence-electron chi connectivity index (χ3n) is 5.97. The molecule has 1 fully saturated rings. The van der Waals surface area contributed by atoms with Crippen LogP contribution >= 0.6 is 0 Å². The van der Waals surface area contributed by atoms with E-state index in [0.29, 0.717) is 0 Å². The van der Waals surface area contributed by atoms with Crippen molar-refractivity contribution in [1.29, 1.82) is 0 Å². The number of carbonyl (C=O) groups is 2. The number of esters is 1. The number of aliphatic hydroxyl groups excluding tert-OH is 1. The Morgan fingerprint density at radius 2 is 1.08 bits per heavy atom. The van der Waals surface area contributed by atoms with Gasteiger partial charge in [-0.1, -0.05) is 91.0 Å². The van der Waals surface area contributed by atoms with Crippen molar-refractivity contribution in [3.05, 3.63) is 108 Å². The third kappa shape index (κ3) is 6.65. The van der Waals surface area contributed by atoms with Crippen LogP contribution in [0.5, 0.6) is 0 Å². The van der Waals surface area contributed by atoms with Gasteiger partial charge < -0.3 is 24.1 Å². The predicted molar refractivity (Wildman–Crippen MR) is 132 cm³/mol. The lowest BCUT2D eigenvalue weighted by Crippen LogP contribution is -2.64. The summed E-state index contributed by atoms with van der Waals surface area (Å²) >= 11 is 0. The van der Waals surface area contributed by atoms with Crippen LogP contribution in [0.2, 0.25) is 0 Å². The van der Waals surface area contributed by atoms with Gasteiger partial charge in [0.1, 0.15) is 24.4 Å². The molecule has 0 radical (unpaired) electrons. The first-order valence-electron chi connectivity index (χ1n) is 11.9. The van der Waals surface area contributed by atoms with E-state index < -0.39 is 42.3 Å². The highest BCUT2D eigenvalue weighted by molar-refractivity contribution is 5.91. The lowest BCUT2D eigenvalue weighted by atomic mass is 9.85. The molecule has 0 bridgehead atoms. The molecule has 0 aromatic heterocycles. The number of Topliss-reactive ketones (excluding diaryl/α,β-unsaturated/α-hetero) is 1.